The topological polar surface area (TPSA) is 17.4 Å². The first-order valence-electron chi connectivity index (χ1n) is 8.27. The van der Waals surface area contributed by atoms with E-state index in [-0.39, 0.29) is 0 Å². The van der Waals surface area contributed by atoms with Crippen LogP contribution in [0, 0.1) is 0 Å². The number of hydrogen-bond donors (Lipinski definition) is 0. The van der Waals surface area contributed by atoms with E-state index in [1.165, 1.54) is 54.5 Å². The summed E-state index contributed by atoms with van der Waals surface area (Å²) in [5, 5.41) is 1.37. The van der Waals surface area contributed by atoms with Crippen molar-refractivity contribution >= 4 is 10.9 Å². The molecule has 1 aliphatic heterocycles. The number of aromatic nitrogens is 1. The van der Waals surface area contributed by atoms with Crippen molar-refractivity contribution in [3.8, 4) is 0 Å². The fourth-order valence-corrected chi connectivity index (χ4v) is 3.47. The second-order valence-electron chi connectivity index (χ2n) is 6.14. The Labute approximate surface area is 133 Å². The summed E-state index contributed by atoms with van der Waals surface area (Å²) in [6, 6.07) is 8.69. The number of likely N-dealkylation sites (tertiary alicyclic amines) is 1. The molecular weight excluding hydrogens is 272 g/mol. The fourth-order valence-electron chi connectivity index (χ4n) is 3.47. The zero-order valence-electron chi connectivity index (χ0n) is 13.6. The van der Waals surface area contributed by atoms with E-state index < -0.39 is 0 Å². The van der Waals surface area contributed by atoms with Crippen LogP contribution in [0.1, 0.15) is 30.5 Å². The van der Waals surface area contributed by atoms with Crippen LogP contribution in [-0.2, 0) is 24.9 Å². The molecule has 1 aromatic heterocycles. The van der Waals surface area contributed by atoms with E-state index in [1.807, 2.05) is 6.08 Å². The molecule has 1 aliphatic rings. The Hall–Kier alpha value is -1.58. The molecule has 22 heavy (non-hydrogen) atoms. The van der Waals surface area contributed by atoms with Crippen molar-refractivity contribution in [2.45, 2.75) is 32.4 Å². The van der Waals surface area contributed by atoms with Gasteiger partial charge in [-0.2, -0.15) is 0 Å². The van der Waals surface area contributed by atoms with Gasteiger partial charge >= 0.3 is 0 Å². The molecule has 0 saturated carbocycles. The van der Waals surface area contributed by atoms with E-state index in [0.29, 0.717) is 13.2 Å². The van der Waals surface area contributed by atoms with Gasteiger partial charge in [-0.25, -0.2) is 0 Å². The van der Waals surface area contributed by atoms with Crippen molar-refractivity contribution in [1.82, 2.24) is 9.47 Å². The molecule has 0 radical (unpaired) electrons. The molecule has 2 aromatic rings. The van der Waals surface area contributed by atoms with E-state index in [1.54, 1.807) is 0 Å². The van der Waals surface area contributed by atoms with Crippen molar-refractivity contribution in [3.63, 3.8) is 0 Å². The van der Waals surface area contributed by atoms with Crippen LogP contribution >= 0.6 is 0 Å². The van der Waals surface area contributed by atoms with Gasteiger partial charge in [-0.1, -0.05) is 30.7 Å². The molecule has 0 aliphatic carbocycles. The standard InChI is InChI=1S/C19H26N2O/c1-3-13-22-15-19-17(14-21-11-7-4-8-12-21)16-9-5-6-10-18(16)20(19)2/h3,5-6,9-10H,1,4,7-8,11-15H2,2H3. The SMILES string of the molecule is C=CCOCc1c(CN2CCCCC2)c2ccccc2n1C. The van der Waals surface area contributed by atoms with Gasteiger partial charge in [0.2, 0.25) is 0 Å². The molecule has 2 heterocycles. The highest BCUT2D eigenvalue weighted by atomic mass is 16.5. The molecule has 3 nitrogen and oxygen atoms in total. The Bertz CT molecular complexity index is 638. The number of hydrogen-bond acceptors (Lipinski definition) is 2. The lowest BCUT2D eigenvalue weighted by molar-refractivity contribution is 0.141. The largest absolute Gasteiger partial charge is 0.371 e. The van der Waals surface area contributed by atoms with E-state index in [0.717, 1.165) is 6.54 Å². The number of para-hydroxylation sites is 1. The first-order valence-corrected chi connectivity index (χ1v) is 8.27. The number of piperidine rings is 1. The molecule has 3 heteroatoms. The molecule has 118 valence electrons. The van der Waals surface area contributed by atoms with E-state index in [9.17, 15) is 0 Å². The molecule has 0 N–H and O–H groups in total. The molecule has 0 unspecified atom stereocenters. The molecule has 0 spiro atoms. The van der Waals surface area contributed by atoms with Crippen molar-refractivity contribution in [1.29, 1.82) is 0 Å². The maximum absolute atomic E-state index is 5.75. The van der Waals surface area contributed by atoms with Gasteiger partial charge in [-0.15, -0.1) is 6.58 Å². The number of rotatable bonds is 6. The summed E-state index contributed by atoms with van der Waals surface area (Å²) in [6.07, 6.45) is 5.84. The van der Waals surface area contributed by atoms with E-state index in [2.05, 4.69) is 47.4 Å². The summed E-state index contributed by atoms with van der Waals surface area (Å²) in [6.45, 7) is 8.46. The lowest BCUT2D eigenvalue weighted by Gasteiger charge is -2.26. The minimum Gasteiger partial charge on any atom is -0.371 e. The highest BCUT2D eigenvalue weighted by molar-refractivity contribution is 5.85. The van der Waals surface area contributed by atoms with Gasteiger partial charge in [0, 0.05) is 30.2 Å². The van der Waals surface area contributed by atoms with Gasteiger partial charge in [0.1, 0.15) is 0 Å². The molecule has 1 saturated heterocycles. The van der Waals surface area contributed by atoms with Crippen LogP contribution in [0.3, 0.4) is 0 Å². The summed E-state index contributed by atoms with van der Waals surface area (Å²) in [5.41, 5.74) is 4.03. The monoisotopic (exact) mass is 298 g/mol. The van der Waals surface area contributed by atoms with Crippen LogP contribution < -0.4 is 0 Å². The molecule has 0 bridgehead atoms. The lowest BCUT2D eigenvalue weighted by Crippen LogP contribution is -2.29. The van der Waals surface area contributed by atoms with Crippen LogP contribution in [0.15, 0.2) is 36.9 Å². The van der Waals surface area contributed by atoms with Crippen molar-refractivity contribution < 1.29 is 4.74 Å². The maximum atomic E-state index is 5.75. The van der Waals surface area contributed by atoms with E-state index >= 15 is 0 Å². The Kier molecular flexibility index (Phi) is 4.96. The van der Waals surface area contributed by atoms with Gasteiger partial charge < -0.3 is 9.30 Å². The Morgan fingerprint density at radius 1 is 1.18 bits per heavy atom. The molecule has 1 fully saturated rings. The highest BCUT2D eigenvalue weighted by Gasteiger charge is 2.18. The third-order valence-electron chi connectivity index (χ3n) is 4.65. The molecular formula is C19H26N2O. The normalized spacial score (nSPS) is 16.2. The van der Waals surface area contributed by atoms with Crippen molar-refractivity contribution in [2.24, 2.45) is 7.05 Å². The first-order chi connectivity index (χ1) is 10.8. The minimum atomic E-state index is 0.602. The van der Waals surface area contributed by atoms with Gasteiger partial charge in [0.15, 0.2) is 0 Å². The van der Waals surface area contributed by atoms with Crippen molar-refractivity contribution in [3.05, 3.63) is 48.2 Å². The average Bonchev–Trinajstić information content (AvgIpc) is 2.82. The van der Waals surface area contributed by atoms with Crippen LogP contribution in [0.25, 0.3) is 10.9 Å². The average molecular weight is 298 g/mol. The fraction of sp³-hybridized carbons (Fsp3) is 0.474. The number of benzene rings is 1. The van der Waals surface area contributed by atoms with Gasteiger partial charge in [0.25, 0.3) is 0 Å². The summed E-state index contributed by atoms with van der Waals surface area (Å²) in [4.78, 5) is 2.59. The van der Waals surface area contributed by atoms with Crippen LogP contribution in [0.4, 0.5) is 0 Å². The Balaban J connectivity index is 1.93. The second kappa shape index (κ2) is 7.12. The quantitative estimate of drug-likeness (QED) is 0.595. The van der Waals surface area contributed by atoms with Gasteiger partial charge in [-0.3, -0.25) is 4.90 Å². The summed E-state index contributed by atoms with van der Waals surface area (Å²) in [5.74, 6) is 0. The predicted octanol–water partition coefficient (Wildman–Crippen LogP) is 3.87. The second-order valence-corrected chi connectivity index (χ2v) is 6.14. The Morgan fingerprint density at radius 3 is 2.73 bits per heavy atom. The smallest absolute Gasteiger partial charge is 0.0875 e. The molecule has 0 atom stereocenters. The van der Waals surface area contributed by atoms with E-state index in [4.69, 9.17) is 4.74 Å². The zero-order valence-corrected chi connectivity index (χ0v) is 13.6. The maximum Gasteiger partial charge on any atom is 0.0875 e. The van der Waals surface area contributed by atoms with Crippen LogP contribution in [0.5, 0.6) is 0 Å². The van der Waals surface area contributed by atoms with Crippen LogP contribution in [0.2, 0.25) is 0 Å². The van der Waals surface area contributed by atoms with Gasteiger partial charge in [-0.05, 0) is 37.6 Å². The highest BCUT2D eigenvalue weighted by Crippen LogP contribution is 2.28. The number of ether oxygens (including phenoxy) is 1. The summed E-state index contributed by atoms with van der Waals surface area (Å²) in [7, 11) is 2.15. The number of aryl methyl sites for hydroxylation is 1. The summed E-state index contributed by atoms with van der Waals surface area (Å²) < 4.78 is 8.04. The molecule has 1 aromatic carbocycles. The lowest BCUT2D eigenvalue weighted by atomic mass is 10.1. The zero-order chi connectivity index (χ0) is 15.4. The Morgan fingerprint density at radius 2 is 1.95 bits per heavy atom. The van der Waals surface area contributed by atoms with Crippen molar-refractivity contribution in [2.75, 3.05) is 19.7 Å². The third-order valence-corrected chi connectivity index (χ3v) is 4.65. The number of fused-ring (bicyclic) bond motifs is 1. The summed E-state index contributed by atoms with van der Waals surface area (Å²) >= 11 is 0. The number of nitrogens with zero attached hydrogens (tertiary/aromatic N) is 2. The first kappa shape index (κ1) is 15.3. The van der Waals surface area contributed by atoms with Gasteiger partial charge in [0.05, 0.1) is 13.2 Å². The molecule has 3 rings (SSSR count). The molecule has 0 amide bonds. The predicted molar refractivity (Wildman–Crippen MR) is 91.9 cm³/mol. The minimum absolute atomic E-state index is 0.602. The third kappa shape index (κ3) is 3.11. The van der Waals surface area contributed by atoms with Crippen LogP contribution in [-0.4, -0.2) is 29.2 Å².